The van der Waals surface area contributed by atoms with Gasteiger partial charge in [-0.1, -0.05) is 0 Å². The van der Waals surface area contributed by atoms with Crippen molar-refractivity contribution in [2.24, 2.45) is 23.7 Å². The lowest BCUT2D eigenvalue weighted by atomic mass is 9.56. The van der Waals surface area contributed by atoms with Crippen molar-refractivity contribution in [1.29, 1.82) is 0 Å². The van der Waals surface area contributed by atoms with Gasteiger partial charge in [0.25, 0.3) is 0 Å². The van der Waals surface area contributed by atoms with Crippen molar-refractivity contribution >= 4 is 5.78 Å². The van der Waals surface area contributed by atoms with E-state index in [1.165, 1.54) is 37.5 Å². The Balaban J connectivity index is 0.000000165. The fourth-order valence-electron chi connectivity index (χ4n) is 3.98. The third-order valence-electron chi connectivity index (χ3n) is 4.00. The molecule has 4 saturated carbocycles. The van der Waals surface area contributed by atoms with Crippen molar-refractivity contribution < 1.29 is 4.79 Å². The van der Waals surface area contributed by atoms with Crippen LogP contribution in [0.15, 0.2) is 0 Å². The van der Waals surface area contributed by atoms with Crippen molar-refractivity contribution in [1.82, 2.24) is 0 Å². The molecule has 4 aliphatic carbocycles. The van der Waals surface area contributed by atoms with Crippen molar-refractivity contribution in [2.45, 2.75) is 52.4 Å². The molecule has 0 atom stereocenters. The molecular formula is C13H22O. The SMILES string of the molecule is C1C2CC3CC1CC(C2)C3.CC(C)=O. The van der Waals surface area contributed by atoms with Gasteiger partial charge in [0.15, 0.2) is 0 Å². The molecule has 0 radical (unpaired) electrons. The Hall–Kier alpha value is -0.330. The molecule has 80 valence electrons. The third-order valence-corrected chi connectivity index (χ3v) is 4.00. The van der Waals surface area contributed by atoms with E-state index in [2.05, 4.69) is 0 Å². The smallest absolute Gasteiger partial charge is 0.126 e. The Morgan fingerprint density at radius 2 is 0.857 bits per heavy atom. The fraction of sp³-hybridized carbons (Fsp3) is 0.923. The molecule has 0 heterocycles. The summed E-state index contributed by atoms with van der Waals surface area (Å²) in [6, 6.07) is 0. The summed E-state index contributed by atoms with van der Waals surface area (Å²) in [4.78, 5) is 9.44. The summed E-state index contributed by atoms with van der Waals surface area (Å²) >= 11 is 0. The molecule has 1 heteroatoms. The monoisotopic (exact) mass is 194 g/mol. The Kier molecular flexibility index (Phi) is 2.94. The summed E-state index contributed by atoms with van der Waals surface area (Å²) in [5, 5.41) is 0. The van der Waals surface area contributed by atoms with Crippen LogP contribution in [0.1, 0.15) is 52.4 Å². The molecule has 0 amide bonds. The van der Waals surface area contributed by atoms with Crippen LogP contribution in [0, 0.1) is 23.7 Å². The number of rotatable bonds is 0. The fourth-order valence-corrected chi connectivity index (χ4v) is 3.98. The highest BCUT2D eigenvalue weighted by Crippen LogP contribution is 2.53. The van der Waals surface area contributed by atoms with Crippen LogP contribution in [-0.2, 0) is 4.79 Å². The Morgan fingerprint density at radius 1 is 0.714 bits per heavy atom. The largest absolute Gasteiger partial charge is 0.300 e. The molecule has 1 nitrogen and oxygen atoms in total. The van der Waals surface area contributed by atoms with Gasteiger partial charge in [0, 0.05) is 0 Å². The molecule has 0 N–H and O–H groups in total. The zero-order chi connectivity index (χ0) is 10.1. The van der Waals surface area contributed by atoms with E-state index in [4.69, 9.17) is 0 Å². The Morgan fingerprint density at radius 3 is 1.00 bits per heavy atom. The van der Waals surface area contributed by atoms with Crippen molar-refractivity contribution in [3.05, 3.63) is 0 Å². The van der Waals surface area contributed by atoms with Crippen LogP contribution in [0.3, 0.4) is 0 Å². The molecule has 14 heavy (non-hydrogen) atoms. The lowest BCUT2D eigenvalue weighted by Crippen LogP contribution is -2.38. The highest BCUT2D eigenvalue weighted by Gasteiger charge is 2.41. The van der Waals surface area contributed by atoms with E-state index in [9.17, 15) is 4.79 Å². The minimum atomic E-state index is 0.167. The summed E-state index contributed by atoms with van der Waals surface area (Å²) in [6.45, 7) is 3.06. The minimum Gasteiger partial charge on any atom is -0.300 e. The molecule has 0 saturated heterocycles. The summed E-state index contributed by atoms with van der Waals surface area (Å²) in [7, 11) is 0. The van der Waals surface area contributed by atoms with Gasteiger partial charge in [0.05, 0.1) is 0 Å². The van der Waals surface area contributed by atoms with Gasteiger partial charge < -0.3 is 4.79 Å². The predicted octanol–water partition coefficient (Wildman–Crippen LogP) is 3.43. The molecule has 4 aliphatic rings. The van der Waals surface area contributed by atoms with E-state index >= 15 is 0 Å². The van der Waals surface area contributed by atoms with E-state index in [-0.39, 0.29) is 5.78 Å². The van der Waals surface area contributed by atoms with Gasteiger partial charge >= 0.3 is 0 Å². The molecule has 4 fully saturated rings. The van der Waals surface area contributed by atoms with E-state index in [0.717, 1.165) is 0 Å². The number of carbonyl (C=O) groups excluding carboxylic acids is 1. The first-order valence-electron chi connectivity index (χ1n) is 6.10. The van der Waals surface area contributed by atoms with Crippen molar-refractivity contribution in [3.8, 4) is 0 Å². The van der Waals surface area contributed by atoms with Crippen LogP contribution in [-0.4, -0.2) is 5.78 Å². The van der Waals surface area contributed by atoms with Crippen LogP contribution in [0.4, 0.5) is 0 Å². The van der Waals surface area contributed by atoms with Crippen LogP contribution >= 0.6 is 0 Å². The van der Waals surface area contributed by atoms with E-state index in [1.807, 2.05) is 0 Å². The maximum atomic E-state index is 9.44. The molecule has 0 spiro atoms. The van der Waals surface area contributed by atoms with Gasteiger partial charge in [-0.3, -0.25) is 0 Å². The van der Waals surface area contributed by atoms with E-state index in [0.29, 0.717) is 0 Å². The molecule has 0 aliphatic heterocycles. The maximum absolute atomic E-state index is 9.44. The highest BCUT2D eigenvalue weighted by atomic mass is 16.1. The second-order valence-corrected chi connectivity index (χ2v) is 5.79. The lowest BCUT2D eigenvalue weighted by Gasteiger charge is -2.49. The van der Waals surface area contributed by atoms with E-state index < -0.39 is 0 Å². The topological polar surface area (TPSA) is 17.1 Å². The highest BCUT2D eigenvalue weighted by molar-refractivity contribution is 5.72. The average molecular weight is 194 g/mol. The molecular weight excluding hydrogens is 172 g/mol. The summed E-state index contributed by atoms with van der Waals surface area (Å²) in [5.41, 5.74) is 0. The third kappa shape index (κ3) is 2.37. The molecule has 0 aromatic rings. The van der Waals surface area contributed by atoms with Crippen LogP contribution in [0.2, 0.25) is 0 Å². The van der Waals surface area contributed by atoms with Crippen molar-refractivity contribution in [2.75, 3.05) is 0 Å². The van der Waals surface area contributed by atoms with Gasteiger partial charge in [-0.05, 0) is 76.0 Å². The summed E-state index contributed by atoms with van der Waals surface area (Å²) < 4.78 is 0. The van der Waals surface area contributed by atoms with Gasteiger partial charge in [0.1, 0.15) is 5.78 Å². The second-order valence-electron chi connectivity index (χ2n) is 5.79. The maximum Gasteiger partial charge on any atom is 0.126 e. The number of ketones is 1. The van der Waals surface area contributed by atoms with Crippen LogP contribution < -0.4 is 0 Å². The molecule has 4 bridgehead atoms. The first-order chi connectivity index (χ1) is 6.63. The van der Waals surface area contributed by atoms with Gasteiger partial charge in [-0.2, -0.15) is 0 Å². The molecule has 0 unspecified atom stereocenters. The zero-order valence-electron chi connectivity index (χ0n) is 9.46. The Labute approximate surface area is 87.3 Å². The molecule has 4 rings (SSSR count). The zero-order valence-corrected chi connectivity index (χ0v) is 9.46. The number of Topliss-reactive ketones (excluding diaryl/α,β-unsaturated/α-hetero) is 1. The van der Waals surface area contributed by atoms with Crippen LogP contribution in [0.5, 0.6) is 0 Å². The standard InChI is InChI=1S/C10H16.C3H6O/c1-7-2-9-4-8(1)5-10(3-7)6-9;1-3(2)4/h7-10H,1-6H2;1-2H3. The first kappa shape index (κ1) is 10.2. The summed E-state index contributed by atoms with van der Waals surface area (Å²) in [5.74, 6) is 4.88. The van der Waals surface area contributed by atoms with Gasteiger partial charge in [-0.25, -0.2) is 0 Å². The predicted molar refractivity (Wildman–Crippen MR) is 58.0 cm³/mol. The molecule has 0 aromatic heterocycles. The quantitative estimate of drug-likeness (QED) is 0.577. The normalized spacial score (nSPS) is 43.0. The van der Waals surface area contributed by atoms with Gasteiger partial charge in [-0.15, -0.1) is 0 Å². The van der Waals surface area contributed by atoms with Crippen molar-refractivity contribution in [3.63, 3.8) is 0 Å². The Bertz CT molecular complexity index is 159. The van der Waals surface area contributed by atoms with E-state index in [1.54, 1.807) is 38.5 Å². The average Bonchev–Trinajstić information content (AvgIpc) is 1.98. The number of hydrogen-bond donors (Lipinski definition) is 0. The first-order valence-corrected chi connectivity index (χ1v) is 6.10. The summed E-state index contributed by atoms with van der Waals surface area (Å²) in [6.07, 6.45) is 9.62. The number of carbonyl (C=O) groups is 1. The second kappa shape index (κ2) is 4.04. The lowest BCUT2D eigenvalue weighted by molar-refractivity contribution is -0.114. The minimum absolute atomic E-state index is 0.167. The number of hydrogen-bond acceptors (Lipinski definition) is 1. The molecule has 0 aromatic carbocycles. The van der Waals surface area contributed by atoms with Crippen LogP contribution in [0.25, 0.3) is 0 Å². The van der Waals surface area contributed by atoms with Gasteiger partial charge in [0.2, 0.25) is 0 Å².